The van der Waals surface area contributed by atoms with E-state index in [9.17, 15) is 13.6 Å². The molecule has 1 aromatic heterocycles. The van der Waals surface area contributed by atoms with Gasteiger partial charge in [0.25, 0.3) is 5.91 Å². The number of nitrogens with one attached hydrogen (secondary N) is 2. The van der Waals surface area contributed by atoms with Crippen LogP contribution in [-0.2, 0) is 0 Å². The molecule has 0 bridgehead atoms. The smallest absolute Gasteiger partial charge is 0.275 e. The van der Waals surface area contributed by atoms with Gasteiger partial charge in [-0.1, -0.05) is 11.6 Å². The Balaban J connectivity index is 2.27. The van der Waals surface area contributed by atoms with Crippen LogP contribution >= 0.6 is 11.6 Å². The van der Waals surface area contributed by atoms with Gasteiger partial charge in [0, 0.05) is 18.8 Å². The summed E-state index contributed by atoms with van der Waals surface area (Å²) < 4.78 is 26.1. The van der Waals surface area contributed by atoms with E-state index in [1.54, 1.807) is 13.1 Å². The van der Waals surface area contributed by atoms with Crippen LogP contribution in [0.25, 0.3) is 0 Å². The van der Waals surface area contributed by atoms with Crippen molar-refractivity contribution in [3.63, 3.8) is 0 Å². The fraction of sp³-hybridized carbons (Fsp3) is 0.0769. The molecule has 2 N–H and O–H groups in total. The number of amides is 1. The largest absolute Gasteiger partial charge is 0.373 e. The highest BCUT2D eigenvalue weighted by Gasteiger charge is 2.14. The van der Waals surface area contributed by atoms with E-state index in [0.29, 0.717) is 11.9 Å². The normalized spacial score (nSPS) is 10.2. The first-order valence-electron chi connectivity index (χ1n) is 5.61. The molecule has 2 rings (SSSR count). The summed E-state index contributed by atoms with van der Waals surface area (Å²) in [5.74, 6) is -1.78. The van der Waals surface area contributed by atoms with Gasteiger partial charge in [-0.2, -0.15) is 0 Å². The number of carbonyl (C=O) groups is 1. The average molecular weight is 298 g/mol. The van der Waals surface area contributed by atoms with Crippen molar-refractivity contribution in [2.24, 2.45) is 0 Å². The summed E-state index contributed by atoms with van der Waals surface area (Å²) in [7, 11) is 1.64. The molecular weight excluding hydrogens is 288 g/mol. The number of nitrogens with zero attached hydrogens (tertiary/aromatic N) is 1. The Hall–Kier alpha value is -2.21. The zero-order valence-electron chi connectivity index (χ0n) is 10.4. The quantitative estimate of drug-likeness (QED) is 0.914. The molecule has 0 fully saturated rings. The number of rotatable bonds is 3. The zero-order valence-corrected chi connectivity index (χ0v) is 11.1. The van der Waals surface area contributed by atoms with Gasteiger partial charge in [-0.15, -0.1) is 0 Å². The molecule has 0 saturated heterocycles. The molecule has 1 aromatic carbocycles. The molecule has 104 valence electrons. The Kier molecular flexibility index (Phi) is 4.14. The van der Waals surface area contributed by atoms with Gasteiger partial charge in [-0.05, 0) is 24.3 Å². The van der Waals surface area contributed by atoms with Crippen molar-refractivity contribution in [2.45, 2.75) is 0 Å². The summed E-state index contributed by atoms with van der Waals surface area (Å²) in [4.78, 5) is 16.0. The second-order valence-electron chi connectivity index (χ2n) is 3.89. The van der Waals surface area contributed by atoms with Crippen molar-refractivity contribution < 1.29 is 13.6 Å². The molecule has 0 aliphatic rings. The van der Waals surface area contributed by atoms with Gasteiger partial charge in [0.1, 0.15) is 23.1 Å². The molecule has 0 atom stereocenters. The zero-order chi connectivity index (χ0) is 14.7. The van der Waals surface area contributed by atoms with Gasteiger partial charge in [-0.25, -0.2) is 13.8 Å². The van der Waals surface area contributed by atoms with Gasteiger partial charge >= 0.3 is 0 Å². The first-order chi connectivity index (χ1) is 9.49. The molecule has 0 unspecified atom stereocenters. The van der Waals surface area contributed by atoms with Crippen LogP contribution in [0.15, 0.2) is 30.3 Å². The minimum atomic E-state index is -0.789. The first-order valence-corrected chi connectivity index (χ1v) is 5.99. The fourth-order valence-corrected chi connectivity index (χ4v) is 1.75. The maximum atomic E-state index is 13.0. The van der Waals surface area contributed by atoms with Gasteiger partial charge < -0.3 is 10.6 Å². The van der Waals surface area contributed by atoms with Crippen LogP contribution in [0, 0.1) is 11.6 Å². The first kappa shape index (κ1) is 14.2. The molecule has 0 radical (unpaired) electrons. The molecule has 7 heteroatoms. The summed E-state index contributed by atoms with van der Waals surface area (Å²) in [6.45, 7) is 0. The van der Waals surface area contributed by atoms with E-state index in [1.807, 2.05) is 0 Å². The number of aromatic nitrogens is 1. The summed E-state index contributed by atoms with van der Waals surface area (Å²) >= 11 is 5.88. The second-order valence-corrected chi connectivity index (χ2v) is 4.30. The molecule has 0 spiro atoms. The predicted molar refractivity (Wildman–Crippen MR) is 73.1 cm³/mol. The van der Waals surface area contributed by atoms with E-state index in [4.69, 9.17) is 11.6 Å². The summed E-state index contributed by atoms with van der Waals surface area (Å²) in [6.07, 6.45) is 0. The summed E-state index contributed by atoms with van der Waals surface area (Å²) in [5.41, 5.74) is -0.0524. The molecule has 0 saturated carbocycles. The third-order valence-corrected chi connectivity index (χ3v) is 2.74. The third kappa shape index (κ3) is 3.21. The molecule has 0 aliphatic carbocycles. The highest BCUT2D eigenvalue weighted by Crippen LogP contribution is 2.19. The molecule has 2 aromatic rings. The maximum Gasteiger partial charge on any atom is 0.275 e. The fourth-order valence-electron chi connectivity index (χ4n) is 1.56. The Bertz CT molecular complexity index is 644. The van der Waals surface area contributed by atoms with E-state index in [1.165, 1.54) is 6.07 Å². The second kappa shape index (κ2) is 5.83. The van der Waals surface area contributed by atoms with Crippen molar-refractivity contribution >= 4 is 29.0 Å². The Labute approximate surface area is 118 Å². The predicted octanol–water partition coefficient (Wildman–Crippen LogP) is 3.31. The van der Waals surface area contributed by atoms with Crippen molar-refractivity contribution in [1.82, 2.24) is 4.98 Å². The summed E-state index contributed by atoms with van der Waals surface area (Å²) in [6, 6.07) is 5.80. The number of anilines is 2. The Morgan fingerprint density at radius 3 is 2.45 bits per heavy atom. The van der Waals surface area contributed by atoms with Crippen LogP contribution < -0.4 is 10.6 Å². The number of benzene rings is 1. The molecule has 0 aliphatic heterocycles. The van der Waals surface area contributed by atoms with Gasteiger partial charge in [0.2, 0.25) is 0 Å². The van der Waals surface area contributed by atoms with E-state index < -0.39 is 17.5 Å². The van der Waals surface area contributed by atoms with Gasteiger partial charge in [-0.3, -0.25) is 4.79 Å². The molecule has 4 nitrogen and oxygen atoms in total. The van der Waals surface area contributed by atoms with E-state index in [2.05, 4.69) is 15.6 Å². The average Bonchev–Trinajstić information content (AvgIpc) is 2.37. The minimum absolute atomic E-state index is 0.0137. The Morgan fingerprint density at radius 1 is 1.20 bits per heavy atom. The number of carbonyl (C=O) groups excluding carboxylic acids is 1. The number of hydrogen-bond acceptors (Lipinski definition) is 3. The van der Waals surface area contributed by atoms with Crippen LogP contribution in [0.3, 0.4) is 0 Å². The van der Waals surface area contributed by atoms with Crippen LogP contribution in [0.5, 0.6) is 0 Å². The number of pyridine rings is 1. The lowest BCUT2D eigenvalue weighted by Gasteiger charge is -2.08. The lowest BCUT2D eigenvalue weighted by Crippen LogP contribution is -2.15. The highest BCUT2D eigenvalue weighted by atomic mass is 35.5. The number of hydrogen-bond donors (Lipinski definition) is 2. The van der Waals surface area contributed by atoms with E-state index in [-0.39, 0.29) is 16.4 Å². The Morgan fingerprint density at radius 2 is 1.85 bits per heavy atom. The van der Waals surface area contributed by atoms with Crippen molar-refractivity contribution in [2.75, 3.05) is 17.7 Å². The van der Waals surface area contributed by atoms with Crippen molar-refractivity contribution in [3.8, 4) is 0 Å². The molecule has 20 heavy (non-hydrogen) atoms. The SMILES string of the molecule is CNc1ccc(Cl)c(C(=O)Nc2cc(F)cc(F)c2)n1. The summed E-state index contributed by atoms with van der Waals surface area (Å²) in [5, 5.41) is 5.24. The third-order valence-electron chi connectivity index (χ3n) is 2.44. The van der Waals surface area contributed by atoms with E-state index >= 15 is 0 Å². The standard InChI is InChI=1S/C13H10ClF2N3O/c1-17-11-3-2-10(14)12(19-11)13(20)18-9-5-7(15)4-8(16)6-9/h2-6H,1H3,(H,17,19)(H,18,20). The molecule has 1 heterocycles. The van der Waals surface area contributed by atoms with Crippen molar-refractivity contribution in [3.05, 3.63) is 52.7 Å². The topological polar surface area (TPSA) is 54.0 Å². The minimum Gasteiger partial charge on any atom is -0.373 e. The highest BCUT2D eigenvalue weighted by molar-refractivity contribution is 6.34. The van der Waals surface area contributed by atoms with Crippen LogP contribution in [0.1, 0.15) is 10.5 Å². The van der Waals surface area contributed by atoms with Crippen LogP contribution in [0.2, 0.25) is 5.02 Å². The number of halogens is 3. The van der Waals surface area contributed by atoms with E-state index in [0.717, 1.165) is 12.1 Å². The lowest BCUT2D eigenvalue weighted by atomic mass is 10.2. The molecule has 1 amide bonds. The van der Waals surface area contributed by atoms with Crippen LogP contribution in [-0.4, -0.2) is 17.9 Å². The lowest BCUT2D eigenvalue weighted by molar-refractivity contribution is 0.102. The molecular formula is C13H10ClF2N3O. The van der Waals surface area contributed by atoms with Crippen LogP contribution in [0.4, 0.5) is 20.3 Å². The van der Waals surface area contributed by atoms with Crippen molar-refractivity contribution in [1.29, 1.82) is 0 Å². The monoisotopic (exact) mass is 297 g/mol. The maximum absolute atomic E-state index is 13.0. The van der Waals surface area contributed by atoms with Gasteiger partial charge in [0.15, 0.2) is 0 Å². The van der Waals surface area contributed by atoms with Gasteiger partial charge in [0.05, 0.1) is 5.02 Å².